The van der Waals surface area contributed by atoms with Gasteiger partial charge in [-0.3, -0.25) is 14.2 Å². The molecular formula is C18H11Cl2F4N3O3S. The van der Waals surface area contributed by atoms with Crippen LogP contribution in [-0.4, -0.2) is 18.2 Å². The largest absolute Gasteiger partial charge is 0.433 e. The number of rotatable bonds is 4. The lowest BCUT2D eigenvalue weighted by Gasteiger charge is -2.14. The molecule has 2 aromatic carbocycles. The second-order valence-electron chi connectivity index (χ2n) is 6.24. The zero-order valence-electron chi connectivity index (χ0n) is 15.3. The summed E-state index contributed by atoms with van der Waals surface area (Å²) in [5.74, 6) is -1.14. The van der Waals surface area contributed by atoms with Crippen molar-refractivity contribution in [1.29, 1.82) is 0 Å². The maximum atomic E-state index is 14.5. The summed E-state index contributed by atoms with van der Waals surface area (Å²) in [6, 6.07) is 7.19. The molecular weight excluding hydrogens is 485 g/mol. The third-order valence-electron chi connectivity index (χ3n) is 4.05. The van der Waals surface area contributed by atoms with Crippen LogP contribution in [0.15, 0.2) is 52.2 Å². The van der Waals surface area contributed by atoms with Crippen molar-refractivity contribution in [1.82, 2.24) is 9.78 Å². The van der Waals surface area contributed by atoms with Crippen molar-refractivity contribution in [3.63, 3.8) is 0 Å². The topological polar surface area (TPSA) is 81.1 Å². The predicted octanol–water partition coefficient (Wildman–Crippen LogP) is 4.71. The second kappa shape index (κ2) is 8.13. The Hall–Kier alpha value is -2.63. The number of aromatic nitrogens is 2. The van der Waals surface area contributed by atoms with Gasteiger partial charge in [-0.05, 0) is 36.4 Å². The summed E-state index contributed by atoms with van der Waals surface area (Å²) in [6.45, 7) is 0. The normalized spacial score (nSPS) is 12.1. The van der Waals surface area contributed by atoms with Crippen molar-refractivity contribution in [2.45, 2.75) is 11.1 Å². The third-order valence-corrected chi connectivity index (χ3v) is 6.15. The number of alkyl halides is 3. The summed E-state index contributed by atoms with van der Waals surface area (Å²) in [5.41, 5.74) is -3.83. The van der Waals surface area contributed by atoms with E-state index in [0.717, 1.165) is 13.1 Å². The first-order valence-electron chi connectivity index (χ1n) is 8.23. The molecule has 0 aliphatic carbocycles. The molecule has 164 valence electrons. The zero-order valence-corrected chi connectivity index (χ0v) is 17.7. The highest BCUT2D eigenvalue weighted by Gasteiger charge is 2.35. The molecule has 0 saturated carbocycles. The Bertz CT molecular complexity index is 1320. The summed E-state index contributed by atoms with van der Waals surface area (Å²) in [5, 5.41) is 3.34. The molecule has 0 fully saturated rings. The van der Waals surface area contributed by atoms with Crippen LogP contribution in [0.2, 0.25) is 10.0 Å². The number of nitrogens with zero attached hydrogens (tertiary/aromatic N) is 2. The lowest BCUT2D eigenvalue weighted by molar-refractivity contribution is -0.144. The number of hydrogen-bond donors (Lipinski definition) is 1. The summed E-state index contributed by atoms with van der Waals surface area (Å²) < 4.78 is 81.4. The molecule has 0 radical (unpaired) electrons. The fraction of sp³-hybridized carbons (Fsp3) is 0.111. The lowest BCUT2D eigenvalue weighted by Crippen LogP contribution is -2.23. The van der Waals surface area contributed by atoms with Crippen molar-refractivity contribution in [2.24, 2.45) is 7.05 Å². The van der Waals surface area contributed by atoms with Crippen LogP contribution >= 0.6 is 23.2 Å². The molecule has 0 aliphatic rings. The fourth-order valence-corrected chi connectivity index (χ4v) is 4.36. The lowest BCUT2D eigenvalue weighted by atomic mass is 10.1. The molecule has 3 rings (SSSR count). The average molecular weight is 496 g/mol. The summed E-state index contributed by atoms with van der Waals surface area (Å²) >= 11 is 11.6. The quantitative estimate of drug-likeness (QED) is 0.531. The van der Waals surface area contributed by atoms with E-state index in [1.165, 1.54) is 24.3 Å². The van der Waals surface area contributed by atoms with Gasteiger partial charge in [0.15, 0.2) is 0 Å². The van der Waals surface area contributed by atoms with E-state index in [2.05, 4.69) is 9.82 Å². The smallest absolute Gasteiger partial charge is 0.287 e. The third kappa shape index (κ3) is 4.83. The van der Waals surface area contributed by atoms with Crippen LogP contribution < -0.4 is 10.2 Å². The molecule has 31 heavy (non-hydrogen) atoms. The summed E-state index contributed by atoms with van der Waals surface area (Å²) in [7, 11) is -3.45. The molecule has 0 saturated heterocycles. The highest BCUT2D eigenvalue weighted by atomic mass is 35.5. The number of aryl methyl sites for hydroxylation is 1. The molecule has 0 aliphatic heterocycles. The standard InChI is InChI=1S/C18H11Cl2F4N3O3S/c1-27-16(18(22,23)24)8-14(28)17(25-27)11-6-15(12(20)7-13(11)21)31(29,30)26-10-4-2-9(19)3-5-10/h2-8,26H,1H3. The van der Waals surface area contributed by atoms with Gasteiger partial charge < -0.3 is 0 Å². The predicted molar refractivity (Wildman–Crippen MR) is 107 cm³/mol. The van der Waals surface area contributed by atoms with Crippen LogP contribution in [0.5, 0.6) is 0 Å². The van der Waals surface area contributed by atoms with Gasteiger partial charge in [-0.1, -0.05) is 23.2 Å². The zero-order chi connectivity index (χ0) is 23.1. The number of hydrogen-bond acceptors (Lipinski definition) is 4. The Morgan fingerprint density at radius 3 is 2.26 bits per heavy atom. The highest BCUT2D eigenvalue weighted by molar-refractivity contribution is 7.92. The van der Waals surface area contributed by atoms with Gasteiger partial charge >= 0.3 is 6.18 Å². The van der Waals surface area contributed by atoms with E-state index in [4.69, 9.17) is 23.2 Å². The first-order valence-corrected chi connectivity index (χ1v) is 10.5. The summed E-state index contributed by atoms with van der Waals surface area (Å²) in [4.78, 5) is 11.6. The molecule has 0 spiro atoms. The van der Waals surface area contributed by atoms with E-state index < -0.39 is 54.3 Å². The van der Waals surface area contributed by atoms with Crippen molar-refractivity contribution in [3.8, 4) is 11.3 Å². The molecule has 0 unspecified atom stereocenters. The Labute approximate surface area is 183 Å². The van der Waals surface area contributed by atoms with Crippen molar-refractivity contribution >= 4 is 38.9 Å². The van der Waals surface area contributed by atoms with Crippen molar-refractivity contribution in [3.05, 3.63) is 74.2 Å². The van der Waals surface area contributed by atoms with Gasteiger partial charge in [0.05, 0.1) is 5.02 Å². The van der Waals surface area contributed by atoms with Crippen LogP contribution in [0.4, 0.5) is 23.2 Å². The first kappa shape index (κ1) is 23.0. The van der Waals surface area contributed by atoms with Gasteiger partial charge in [-0.15, -0.1) is 0 Å². The van der Waals surface area contributed by atoms with Crippen LogP contribution in [0.25, 0.3) is 11.3 Å². The van der Waals surface area contributed by atoms with Crippen molar-refractivity contribution in [2.75, 3.05) is 4.72 Å². The molecule has 3 aromatic rings. The van der Waals surface area contributed by atoms with Gasteiger partial charge in [-0.2, -0.15) is 18.3 Å². The number of halogens is 6. The molecule has 0 atom stereocenters. The van der Waals surface area contributed by atoms with E-state index in [1.807, 2.05) is 0 Å². The number of anilines is 1. The van der Waals surface area contributed by atoms with E-state index in [0.29, 0.717) is 15.8 Å². The van der Waals surface area contributed by atoms with Crippen LogP contribution in [0.1, 0.15) is 5.69 Å². The molecule has 0 bridgehead atoms. The molecule has 1 heterocycles. The van der Waals surface area contributed by atoms with Gasteiger partial charge in [0.2, 0.25) is 5.43 Å². The van der Waals surface area contributed by atoms with Crippen LogP contribution in [0, 0.1) is 5.82 Å². The number of benzene rings is 2. The Balaban J connectivity index is 2.13. The maximum Gasteiger partial charge on any atom is 0.433 e. The monoisotopic (exact) mass is 495 g/mol. The molecule has 1 aromatic heterocycles. The molecule has 1 N–H and O–H groups in total. The molecule has 0 amide bonds. The van der Waals surface area contributed by atoms with Gasteiger partial charge in [-0.25, -0.2) is 12.8 Å². The number of nitrogens with one attached hydrogen (secondary N) is 1. The fourth-order valence-electron chi connectivity index (χ4n) is 2.64. The van der Waals surface area contributed by atoms with E-state index in [9.17, 15) is 30.8 Å². The Morgan fingerprint density at radius 1 is 1.06 bits per heavy atom. The van der Waals surface area contributed by atoms with Crippen LogP contribution in [-0.2, 0) is 23.2 Å². The van der Waals surface area contributed by atoms with Crippen LogP contribution in [0.3, 0.4) is 0 Å². The molecule has 13 heteroatoms. The average Bonchev–Trinajstić information content (AvgIpc) is 2.64. The van der Waals surface area contributed by atoms with E-state index >= 15 is 0 Å². The Kier molecular flexibility index (Phi) is 6.05. The minimum atomic E-state index is -4.87. The van der Waals surface area contributed by atoms with Crippen molar-refractivity contribution < 1.29 is 26.0 Å². The minimum Gasteiger partial charge on any atom is -0.287 e. The highest BCUT2D eigenvalue weighted by Crippen LogP contribution is 2.32. The van der Waals surface area contributed by atoms with E-state index in [1.54, 1.807) is 0 Å². The summed E-state index contributed by atoms with van der Waals surface area (Å²) in [6.07, 6.45) is -4.87. The first-order chi connectivity index (χ1) is 14.3. The Morgan fingerprint density at radius 2 is 1.68 bits per heavy atom. The SMILES string of the molecule is Cn1nc(-c2cc(S(=O)(=O)Nc3ccc(Cl)cc3)c(Cl)cc2F)c(=O)cc1C(F)(F)F. The molecule has 6 nitrogen and oxygen atoms in total. The maximum absolute atomic E-state index is 14.5. The second-order valence-corrected chi connectivity index (χ2v) is 8.73. The van der Waals surface area contributed by atoms with Gasteiger partial charge in [0.1, 0.15) is 22.1 Å². The minimum absolute atomic E-state index is 0.120. The number of sulfonamides is 1. The van der Waals surface area contributed by atoms with Gasteiger partial charge in [0.25, 0.3) is 10.0 Å². The van der Waals surface area contributed by atoms with E-state index in [-0.39, 0.29) is 11.8 Å². The van der Waals surface area contributed by atoms with Gasteiger partial charge in [0, 0.05) is 29.4 Å².